The smallest absolute Gasteiger partial charge is 0.261 e. The van der Waals surface area contributed by atoms with Crippen molar-refractivity contribution in [2.45, 2.75) is 11.5 Å². The van der Waals surface area contributed by atoms with Crippen LogP contribution in [0.15, 0.2) is 51.8 Å². The number of anilines is 1. The average molecular weight is 372 g/mol. The molecular weight excluding hydrogens is 358 g/mol. The van der Waals surface area contributed by atoms with Crippen LogP contribution in [0.25, 0.3) is 0 Å². The zero-order valence-corrected chi connectivity index (χ0v) is 13.6. The highest BCUT2D eigenvalue weighted by Gasteiger charge is 2.15. The van der Waals surface area contributed by atoms with E-state index in [1.807, 2.05) is 0 Å². The first kappa shape index (κ1) is 15.8. The number of ether oxygens (including phenoxy) is 1. The third-order valence-electron chi connectivity index (χ3n) is 2.79. The van der Waals surface area contributed by atoms with Crippen LogP contribution in [-0.4, -0.2) is 20.6 Å². The van der Waals surface area contributed by atoms with Crippen LogP contribution >= 0.6 is 15.9 Å². The minimum Gasteiger partial charge on any atom is -0.495 e. The molecule has 2 rings (SSSR count). The summed E-state index contributed by atoms with van der Waals surface area (Å²) in [5.41, 5.74) is 0.927. The van der Waals surface area contributed by atoms with Crippen molar-refractivity contribution in [1.29, 1.82) is 0 Å². The van der Waals surface area contributed by atoms with Crippen molar-refractivity contribution in [3.05, 3.63) is 52.5 Å². The van der Waals surface area contributed by atoms with Crippen LogP contribution in [0, 0.1) is 0 Å². The number of hydrogen-bond acceptors (Lipinski definition) is 4. The standard InChI is InChI=1S/C14H14BrNO4S/c1-20-14-8-11(5-6-13(14)15)16-21(18,19)12-4-2-3-10(7-12)9-17/h2-8,16-17H,9H2,1H3. The van der Waals surface area contributed by atoms with Crippen molar-refractivity contribution >= 4 is 31.6 Å². The summed E-state index contributed by atoms with van der Waals surface area (Å²) in [5.74, 6) is 0.527. The summed E-state index contributed by atoms with van der Waals surface area (Å²) in [6, 6.07) is 11.0. The molecule has 0 aliphatic heterocycles. The fourth-order valence-electron chi connectivity index (χ4n) is 1.75. The first-order chi connectivity index (χ1) is 9.96. The zero-order valence-electron chi connectivity index (χ0n) is 11.2. The molecule has 0 aliphatic carbocycles. The molecule has 2 aromatic carbocycles. The Morgan fingerprint density at radius 1 is 1.24 bits per heavy atom. The third kappa shape index (κ3) is 3.75. The molecule has 0 bridgehead atoms. The Bertz CT molecular complexity index is 746. The van der Waals surface area contributed by atoms with Gasteiger partial charge in [0, 0.05) is 6.07 Å². The molecule has 0 unspecified atom stereocenters. The topological polar surface area (TPSA) is 75.6 Å². The Hall–Kier alpha value is -1.57. The van der Waals surface area contributed by atoms with Gasteiger partial charge in [0.25, 0.3) is 10.0 Å². The third-order valence-corrected chi connectivity index (χ3v) is 4.83. The second-order valence-corrected chi connectivity index (χ2v) is 6.80. The number of rotatable bonds is 5. The lowest BCUT2D eigenvalue weighted by Gasteiger charge is -2.11. The molecular formula is C14H14BrNO4S. The summed E-state index contributed by atoms with van der Waals surface area (Å²) in [4.78, 5) is 0.0935. The molecule has 0 saturated heterocycles. The quantitative estimate of drug-likeness (QED) is 0.846. The van der Waals surface area contributed by atoms with Crippen LogP contribution in [0.1, 0.15) is 5.56 Å². The van der Waals surface area contributed by atoms with E-state index >= 15 is 0 Å². The molecule has 0 aromatic heterocycles. The van der Waals surface area contributed by atoms with Crippen LogP contribution in [0.2, 0.25) is 0 Å². The minimum absolute atomic E-state index is 0.0935. The van der Waals surface area contributed by atoms with E-state index in [2.05, 4.69) is 20.7 Å². The van der Waals surface area contributed by atoms with Crippen LogP contribution in [0.3, 0.4) is 0 Å². The SMILES string of the molecule is COc1cc(NS(=O)(=O)c2cccc(CO)c2)ccc1Br. The summed E-state index contributed by atoms with van der Waals surface area (Å²) in [5, 5.41) is 9.08. The monoisotopic (exact) mass is 371 g/mol. The number of nitrogens with one attached hydrogen (secondary N) is 1. The van der Waals surface area contributed by atoms with E-state index in [1.54, 1.807) is 30.3 Å². The van der Waals surface area contributed by atoms with Crippen molar-refractivity contribution in [3.8, 4) is 5.75 Å². The fourth-order valence-corrected chi connectivity index (χ4v) is 3.28. The second-order valence-electron chi connectivity index (χ2n) is 4.26. The van der Waals surface area contributed by atoms with Gasteiger partial charge in [0.1, 0.15) is 5.75 Å². The predicted molar refractivity (Wildman–Crippen MR) is 83.9 cm³/mol. The van der Waals surface area contributed by atoms with Gasteiger partial charge in [-0.2, -0.15) is 0 Å². The Kier molecular flexibility index (Phi) is 4.87. The lowest BCUT2D eigenvalue weighted by Crippen LogP contribution is -2.13. The van der Waals surface area contributed by atoms with Gasteiger partial charge in [0.05, 0.1) is 28.8 Å². The number of sulfonamides is 1. The van der Waals surface area contributed by atoms with E-state index < -0.39 is 10.0 Å². The summed E-state index contributed by atoms with van der Waals surface area (Å²) in [7, 11) is -2.21. The van der Waals surface area contributed by atoms with Gasteiger partial charge in [-0.05, 0) is 45.8 Å². The lowest BCUT2D eigenvalue weighted by atomic mass is 10.2. The molecule has 0 fully saturated rings. The molecule has 2 N–H and O–H groups in total. The first-order valence-electron chi connectivity index (χ1n) is 6.02. The Morgan fingerprint density at radius 3 is 2.67 bits per heavy atom. The number of halogens is 1. The van der Waals surface area contributed by atoms with Gasteiger partial charge < -0.3 is 9.84 Å². The van der Waals surface area contributed by atoms with E-state index in [1.165, 1.54) is 19.2 Å². The van der Waals surface area contributed by atoms with Gasteiger partial charge in [-0.3, -0.25) is 4.72 Å². The second kappa shape index (κ2) is 6.46. The molecule has 5 nitrogen and oxygen atoms in total. The van der Waals surface area contributed by atoms with E-state index in [0.717, 1.165) is 4.47 Å². The predicted octanol–water partition coefficient (Wildman–Crippen LogP) is 2.75. The summed E-state index contributed by atoms with van der Waals surface area (Å²) in [6.07, 6.45) is 0. The molecule has 0 spiro atoms. The zero-order chi connectivity index (χ0) is 15.5. The molecule has 0 radical (unpaired) electrons. The highest BCUT2D eigenvalue weighted by molar-refractivity contribution is 9.10. The molecule has 7 heteroatoms. The highest BCUT2D eigenvalue weighted by Crippen LogP contribution is 2.29. The number of aliphatic hydroxyl groups is 1. The number of aliphatic hydroxyl groups excluding tert-OH is 1. The van der Waals surface area contributed by atoms with E-state index in [4.69, 9.17) is 9.84 Å². The van der Waals surface area contributed by atoms with Crippen LogP contribution in [0.5, 0.6) is 5.75 Å². The van der Waals surface area contributed by atoms with Gasteiger partial charge in [0.15, 0.2) is 0 Å². The van der Waals surface area contributed by atoms with Crippen molar-refractivity contribution in [2.24, 2.45) is 0 Å². The van der Waals surface area contributed by atoms with Crippen molar-refractivity contribution in [3.63, 3.8) is 0 Å². The molecule has 0 aliphatic rings. The van der Waals surface area contributed by atoms with Crippen LogP contribution in [-0.2, 0) is 16.6 Å². The molecule has 0 heterocycles. The Balaban J connectivity index is 2.32. The summed E-state index contributed by atoms with van der Waals surface area (Å²) in [6.45, 7) is -0.213. The van der Waals surface area contributed by atoms with Crippen molar-refractivity contribution < 1.29 is 18.3 Å². The molecule has 21 heavy (non-hydrogen) atoms. The van der Waals surface area contributed by atoms with Gasteiger partial charge >= 0.3 is 0 Å². The van der Waals surface area contributed by atoms with E-state index in [-0.39, 0.29) is 11.5 Å². The van der Waals surface area contributed by atoms with Crippen molar-refractivity contribution in [1.82, 2.24) is 0 Å². The number of methoxy groups -OCH3 is 1. The maximum absolute atomic E-state index is 12.3. The molecule has 0 saturated carbocycles. The van der Waals surface area contributed by atoms with Crippen LogP contribution < -0.4 is 9.46 Å². The normalized spacial score (nSPS) is 11.2. The maximum atomic E-state index is 12.3. The molecule has 112 valence electrons. The Morgan fingerprint density at radius 2 is 2.00 bits per heavy atom. The van der Waals surface area contributed by atoms with Gasteiger partial charge in [0.2, 0.25) is 0 Å². The molecule has 0 amide bonds. The Labute approximate surface area is 131 Å². The van der Waals surface area contributed by atoms with E-state index in [9.17, 15) is 8.42 Å². The molecule has 0 atom stereocenters. The van der Waals surface area contributed by atoms with Gasteiger partial charge in [-0.15, -0.1) is 0 Å². The summed E-state index contributed by atoms with van der Waals surface area (Å²) < 4.78 is 33.0. The first-order valence-corrected chi connectivity index (χ1v) is 8.30. The number of hydrogen-bond donors (Lipinski definition) is 2. The average Bonchev–Trinajstić information content (AvgIpc) is 2.49. The molecule has 2 aromatic rings. The van der Waals surface area contributed by atoms with Gasteiger partial charge in [-0.1, -0.05) is 12.1 Å². The van der Waals surface area contributed by atoms with E-state index in [0.29, 0.717) is 17.0 Å². The lowest BCUT2D eigenvalue weighted by molar-refractivity contribution is 0.281. The largest absolute Gasteiger partial charge is 0.495 e. The minimum atomic E-state index is -3.72. The maximum Gasteiger partial charge on any atom is 0.261 e. The van der Waals surface area contributed by atoms with Crippen LogP contribution in [0.4, 0.5) is 5.69 Å². The number of benzene rings is 2. The van der Waals surface area contributed by atoms with Gasteiger partial charge in [-0.25, -0.2) is 8.42 Å². The van der Waals surface area contributed by atoms with Crippen molar-refractivity contribution in [2.75, 3.05) is 11.8 Å². The highest BCUT2D eigenvalue weighted by atomic mass is 79.9. The summed E-state index contributed by atoms with van der Waals surface area (Å²) >= 11 is 3.30. The fraction of sp³-hybridized carbons (Fsp3) is 0.143.